The van der Waals surface area contributed by atoms with E-state index in [1.165, 1.54) is 35.4 Å². The highest BCUT2D eigenvalue weighted by Gasteiger charge is 2.35. The van der Waals surface area contributed by atoms with Crippen molar-refractivity contribution >= 4 is 11.6 Å². The van der Waals surface area contributed by atoms with Crippen molar-refractivity contribution in [3.63, 3.8) is 0 Å². The van der Waals surface area contributed by atoms with Crippen LogP contribution in [0.15, 0.2) is 24.3 Å². The van der Waals surface area contributed by atoms with E-state index >= 15 is 0 Å². The van der Waals surface area contributed by atoms with E-state index in [1.807, 2.05) is 4.90 Å². The third-order valence-electron chi connectivity index (χ3n) is 7.71. The molecule has 1 fully saturated rings. The molecule has 35 heavy (non-hydrogen) atoms. The third-order valence-corrected chi connectivity index (χ3v) is 7.71. The fraction of sp³-hybridized carbons (Fsp3) is 0.519. The van der Waals surface area contributed by atoms with Gasteiger partial charge in [0.1, 0.15) is 17.1 Å². The maximum Gasteiger partial charge on any atom is 0.269 e. The molecule has 1 saturated heterocycles. The summed E-state index contributed by atoms with van der Waals surface area (Å²) in [6.45, 7) is 12.3. The quantitative estimate of drug-likeness (QED) is 0.447. The zero-order chi connectivity index (χ0) is 25.3. The first-order chi connectivity index (χ1) is 16.6. The van der Waals surface area contributed by atoms with Crippen LogP contribution in [0.5, 0.6) is 11.5 Å². The monoisotopic (exact) mass is 481 g/mol. The molecule has 2 aliphatic rings. The minimum Gasteiger partial charge on any atom is -0.496 e. The van der Waals surface area contributed by atoms with Gasteiger partial charge in [-0.25, -0.2) is 0 Å². The summed E-state index contributed by atoms with van der Waals surface area (Å²) in [6.07, 6.45) is 2.87. The van der Waals surface area contributed by atoms with Crippen LogP contribution < -0.4 is 9.47 Å². The van der Waals surface area contributed by atoms with Gasteiger partial charge in [0.2, 0.25) is 0 Å². The molecule has 0 bridgehead atoms. The molecule has 188 valence electrons. The Hall–Kier alpha value is -3.13. The Morgan fingerprint density at radius 1 is 1.09 bits per heavy atom. The SMILES string of the molecule is COc1c(C)c(C)c2c(c1C)CCC(C)(CCN1CCN(C(=O)c3ccc([N+](=O)[O-])cc3)CC1)O2. The molecular formula is C27H35N3O5. The highest BCUT2D eigenvalue weighted by atomic mass is 16.6. The van der Waals surface area contributed by atoms with Crippen molar-refractivity contribution in [2.24, 2.45) is 0 Å². The van der Waals surface area contributed by atoms with E-state index in [0.29, 0.717) is 18.7 Å². The maximum atomic E-state index is 12.8. The van der Waals surface area contributed by atoms with Crippen molar-refractivity contribution in [2.75, 3.05) is 39.8 Å². The molecule has 1 atom stereocenters. The zero-order valence-corrected chi connectivity index (χ0v) is 21.3. The Balaban J connectivity index is 1.33. The topological polar surface area (TPSA) is 85.2 Å². The summed E-state index contributed by atoms with van der Waals surface area (Å²) in [6, 6.07) is 5.83. The van der Waals surface area contributed by atoms with E-state index in [4.69, 9.17) is 9.47 Å². The number of rotatable bonds is 6. The summed E-state index contributed by atoms with van der Waals surface area (Å²) < 4.78 is 12.3. The van der Waals surface area contributed by atoms with Gasteiger partial charge in [-0.15, -0.1) is 0 Å². The Kier molecular flexibility index (Phi) is 7.03. The van der Waals surface area contributed by atoms with Gasteiger partial charge in [0.25, 0.3) is 11.6 Å². The first kappa shape index (κ1) is 25.0. The number of piperazine rings is 1. The predicted octanol–water partition coefficient (Wildman–Crippen LogP) is 4.46. The molecule has 2 aliphatic heterocycles. The van der Waals surface area contributed by atoms with Gasteiger partial charge in [-0.05, 0) is 75.8 Å². The average molecular weight is 482 g/mol. The summed E-state index contributed by atoms with van der Waals surface area (Å²) in [4.78, 5) is 27.4. The highest BCUT2D eigenvalue weighted by Crippen LogP contribution is 2.44. The summed E-state index contributed by atoms with van der Waals surface area (Å²) in [7, 11) is 1.73. The number of nitrogens with zero attached hydrogens (tertiary/aromatic N) is 3. The molecule has 0 saturated carbocycles. The third kappa shape index (κ3) is 4.98. The van der Waals surface area contributed by atoms with Crippen LogP contribution >= 0.6 is 0 Å². The zero-order valence-electron chi connectivity index (χ0n) is 21.3. The van der Waals surface area contributed by atoms with Crippen LogP contribution in [0.3, 0.4) is 0 Å². The van der Waals surface area contributed by atoms with Crippen molar-refractivity contribution in [3.8, 4) is 11.5 Å². The standard InChI is InChI=1S/C27H35N3O5/c1-18-19(2)25-23(20(3)24(18)34-5)10-11-27(4,35-25)12-13-28-14-16-29(17-15-28)26(31)21-6-8-22(9-7-21)30(32)33/h6-9H,10-17H2,1-5H3. The van der Waals surface area contributed by atoms with E-state index < -0.39 is 4.92 Å². The van der Waals surface area contributed by atoms with Crippen LogP contribution in [0.4, 0.5) is 5.69 Å². The number of nitro groups is 1. The number of carbonyl (C=O) groups excluding carboxylic acids is 1. The van der Waals surface area contributed by atoms with E-state index in [1.54, 1.807) is 7.11 Å². The number of ether oxygens (including phenoxy) is 2. The number of benzene rings is 2. The van der Waals surface area contributed by atoms with Gasteiger partial charge in [0.15, 0.2) is 0 Å². The first-order valence-corrected chi connectivity index (χ1v) is 12.3. The molecule has 8 nitrogen and oxygen atoms in total. The van der Waals surface area contributed by atoms with Crippen LogP contribution in [0, 0.1) is 30.9 Å². The number of hydrogen-bond acceptors (Lipinski definition) is 6. The van der Waals surface area contributed by atoms with Gasteiger partial charge in [-0.3, -0.25) is 19.8 Å². The second kappa shape index (κ2) is 9.85. The largest absolute Gasteiger partial charge is 0.496 e. The normalized spacial score (nSPS) is 20.2. The second-order valence-corrected chi connectivity index (χ2v) is 9.96. The number of nitro benzene ring substituents is 1. The van der Waals surface area contributed by atoms with Crippen molar-refractivity contribution in [1.29, 1.82) is 0 Å². The lowest BCUT2D eigenvalue weighted by Crippen LogP contribution is -2.50. The number of fused-ring (bicyclic) bond motifs is 1. The minimum atomic E-state index is -0.456. The molecule has 1 amide bonds. The fourth-order valence-corrected chi connectivity index (χ4v) is 5.24. The molecular weight excluding hydrogens is 446 g/mol. The lowest BCUT2D eigenvalue weighted by molar-refractivity contribution is -0.384. The van der Waals surface area contributed by atoms with Gasteiger partial charge in [0.05, 0.1) is 12.0 Å². The summed E-state index contributed by atoms with van der Waals surface area (Å²) in [5.41, 5.74) is 5.00. The molecule has 1 unspecified atom stereocenters. The number of methoxy groups -OCH3 is 1. The van der Waals surface area contributed by atoms with Crippen molar-refractivity contribution in [2.45, 2.75) is 52.6 Å². The average Bonchev–Trinajstić information content (AvgIpc) is 2.86. The molecule has 2 heterocycles. The minimum absolute atomic E-state index is 0.00734. The smallest absolute Gasteiger partial charge is 0.269 e. The Morgan fingerprint density at radius 2 is 1.74 bits per heavy atom. The molecule has 2 aromatic rings. The van der Waals surface area contributed by atoms with Crippen LogP contribution in [0.2, 0.25) is 0 Å². The fourth-order valence-electron chi connectivity index (χ4n) is 5.24. The molecule has 4 rings (SSSR count). The molecule has 0 aliphatic carbocycles. The lowest BCUT2D eigenvalue weighted by atomic mass is 9.85. The van der Waals surface area contributed by atoms with Crippen molar-refractivity contribution < 1.29 is 19.2 Å². The predicted molar refractivity (Wildman–Crippen MR) is 135 cm³/mol. The maximum absolute atomic E-state index is 12.8. The molecule has 0 spiro atoms. The molecule has 0 N–H and O–H groups in total. The number of hydrogen-bond donors (Lipinski definition) is 0. The highest BCUT2D eigenvalue weighted by molar-refractivity contribution is 5.94. The Labute approximate surface area is 207 Å². The first-order valence-electron chi connectivity index (χ1n) is 12.3. The molecule has 8 heteroatoms. The summed E-state index contributed by atoms with van der Waals surface area (Å²) >= 11 is 0. The van der Waals surface area contributed by atoms with Crippen LogP contribution in [0.1, 0.15) is 52.4 Å². The number of non-ortho nitro benzene ring substituents is 1. The summed E-state index contributed by atoms with van der Waals surface area (Å²) in [5.74, 6) is 1.91. The Bertz CT molecular complexity index is 1120. The number of carbonyl (C=O) groups is 1. The van der Waals surface area contributed by atoms with Crippen LogP contribution in [0.25, 0.3) is 0 Å². The second-order valence-electron chi connectivity index (χ2n) is 9.96. The van der Waals surface area contributed by atoms with Crippen LogP contribution in [-0.2, 0) is 6.42 Å². The van der Waals surface area contributed by atoms with Crippen molar-refractivity contribution in [3.05, 3.63) is 62.2 Å². The number of amides is 1. The molecule has 2 aromatic carbocycles. The Morgan fingerprint density at radius 3 is 2.34 bits per heavy atom. The van der Waals surface area contributed by atoms with Gasteiger partial charge in [-0.1, -0.05) is 0 Å². The van der Waals surface area contributed by atoms with Gasteiger partial charge < -0.3 is 14.4 Å². The van der Waals surface area contributed by atoms with E-state index in [2.05, 4.69) is 32.6 Å². The van der Waals surface area contributed by atoms with Crippen LogP contribution in [-0.4, -0.2) is 66.1 Å². The van der Waals surface area contributed by atoms with Crippen molar-refractivity contribution in [1.82, 2.24) is 9.80 Å². The van der Waals surface area contributed by atoms with E-state index in [-0.39, 0.29) is 17.2 Å². The van der Waals surface area contributed by atoms with Gasteiger partial charge in [0, 0.05) is 56.0 Å². The molecule has 0 aromatic heterocycles. The summed E-state index contributed by atoms with van der Waals surface area (Å²) in [5, 5.41) is 10.8. The van der Waals surface area contributed by atoms with Gasteiger partial charge in [-0.2, -0.15) is 0 Å². The van der Waals surface area contributed by atoms with E-state index in [9.17, 15) is 14.9 Å². The van der Waals surface area contributed by atoms with E-state index in [0.717, 1.165) is 61.5 Å². The lowest BCUT2D eigenvalue weighted by Gasteiger charge is -2.40. The van der Waals surface area contributed by atoms with Gasteiger partial charge >= 0.3 is 0 Å². The molecule has 0 radical (unpaired) electrons.